The lowest BCUT2D eigenvalue weighted by Crippen LogP contribution is -2.19. The number of nitrogens with two attached hydrogens (primary N) is 1. The fourth-order valence-electron chi connectivity index (χ4n) is 4.40. The van der Waals surface area contributed by atoms with E-state index in [0.29, 0.717) is 43.4 Å². The summed E-state index contributed by atoms with van der Waals surface area (Å²) in [6.07, 6.45) is 2.51. The van der Waals surface area contributed by atoms with E-state index >= 15 is 0 Å². The van der Waals surface area contributed by atoms with Crippen LogP contribution in [0.4, 0.5) is 19.4 Å². The molecule has 2 saturated heterocycles. The first-order chi connectivity index (χ1) is 15.5. The molecule has 8 nitrogen and oxygen atoms in total. The summed E-state index contributed by atoms with van der Waals surface area (Å²) in [5.41, 5.74) is 7.71. The predicted octanol–water partition coefficient (Wildman–Crippen LogP) is 3.99. The Bertz CT molecular complexity index is 1150. The quantitative estimate of drug-likeness (QED) is 0.621. The largest absolute Gasteiger partial charge is 0.381 e. The molecule has 2 aliphatic heterocycles. The highest BCUT2D eigenvalue weighted by atomic mass is 19.3. The lowest BCUT2D eigenvalue weighted by molar-refractivity contribution is 0.151. The number of rotatable bonds is 5. The average molecular weight is 443 g/mol. The van der Waals surface area contributed by atoms with Crippen molar-refractivity contribution in [3.8, 4) is 11.3 Å². The Kier molecular flexibility index (Phi) is 5.48. The van der Waals surface area contributed by atoms with E-state index in [1.165, 1.54) is 12.1 Å². The number of anilines is 1. The minimum atomic E-state index is -2.62. The van der Waals surface area contributed by atoms with Crippen molar-refractivity contribution in [2.45, 2.75) is 31.2 Å². The van der Waals surface area contributed by atoms with Gasteiger partial charge in [0, 0.05) is 47.5 Å². The third-order valence-electron chi connectivity index (χ3n) is 6.01. The molecule has 0 radical (unpaired) electrons. The second-order valence-corrected chi connectivity index (χ2v) is 8.12. The van der Waals surface area contributed by atoms with Crippen LogP contribution in [-0.4, -0.2) is 47.0 Å². The van der Waals surface area contributed by atoms with Crippen molar-refractivity contribution >= 4 is 22.8 Å². The number of carbonyl (C=O) groups excluding carboxylic acids is 1. The van der Waals surface area contributed by atoms with Crippen molar-refractivity contribution in [3.63, 3.8) is 0 Å². The van der Waals surface area contributed by atoms with Crippen molar-refractivity contribution in [2.75, 3.05) is 31.7 Å². The van der Waals surface area contributed by atoms with Crippen LogP contribution in [0.5, 0.6) is 0 Å². The maximum absolute atomic E-state index is 13.7. The summed E-state index contributed by atoms with van der Waals surface area (Å²) in [5.74, 6) is 0.263. The van der Waals surface area contributed by atoms with Crippen LogP contribution in [-0.2, 0) is 9.47 Å². The van der Waals surface area contributed by atoms with Gasteiger partial charge in [-0.1, -0.05) is 0 Å². The van der Waals surface area contributed by atoms with E-state index < -0.39 is 12.5 Å². The number of fused-ring (bicyclic) bond motifs is 1. The molecule has 3 aromatic rings. The van der Waals surface area contributed by atoms with Crippen molar-refractivity contribution in [3.05, 3.63) is 41.9 Å². The molecule has 2 aliphatic rings. The number of urea groups is 1. The van der Waals surface area contributed by atoms with Gasteiger partial charge in [-0.3, -0.25) is 10.3 Å². The lowest BCUT2D eigenvalue weighted by Gasteiger charge is -2.12. The van der Waals surface area contributed by atoms with Gasteiger partial charge in [-0.25, -0.2) is 18.6 Å². The van der Waals surface area contributed by atoms with Gasteiger partial charge in [0.2, 0.25) is 0 Å². The summed E-state index contributed by atoms with van der Waals surface area (Å²) < 4.78 is 40.5. The number of nitrogens with one attached hydrogen (secondary N) is 1. The molecule has 2 atom stereocenters. The first kappa shape index (κ1) is 20.8. The number of nitrogens with zero attached hydrogens (tertiary/aromatic N) is 3. The number of pyridine rings is 2. The highest BCUT2D eigenvalue weighted by Gasteiger charge is 2.25. The zero-order chi connectivity index (χ0) is 22.2. The standard InChI is InChI=1S/C22H23F2N5O3/c23-21(24)13-5-17(12-1-3-31-10-12)27-18(6-13)16-9-29(14-2-4-32-11-14)19-8-26-20(7-15(16)19)28-22(25)30/h5-9,12,14,21H,1-4,10-11H2,(H3,25,26,28,30)/t12?,14-/m1/s1. The van der Waals surface area contributed by atoms with Gasteiger partial charge in [-0.2, -0.15) is 0 Å². The number of hydrogen-bond acceptors (Lipinski definition) is 5. The minimum Gasteiger partial charge on any atom is -0.381 e. The number of halogens is 2. The highest BCUT2D eigenvalue weighted by Crippen LogP contribution is 2.37. The van der Waals surface area contributed by atoms with E-state index in [1.807, 2.05) is 10.8 Å². The van der Waals surface area contributed by atoms with E-state index in [-0.39, 0.29) is 23.3 Å². The molecule has 0 saturated carbocycles. The zero-order valence-corrected chi connectivity index (χ0v) is 17.3. The smallest absolute Gasteiger partial charge is 0.317 e. The molecule has 0 aliphatic carbocycles. The van der Waals surface area contributed by atoms with Crippen molar-refractivity contribution in [2.24, 2.45) is 5.73 Å². The van der Waals surface area contributed by atoms with E-state index in [9.17, 15) is 13.6 Å². The Hall–Kier alpha value is -3.11. The molecule has 3 N–H and O–H groups in total. The van der Waals surface area contributed by atoms with Gasteiger partial charge in [0.25, 0.3) is 6.43 Å². The summed E-state index contributed by atoms with van der Waals surface area (Å²) >= 11 is 0. The van der Waals surface area contributed by atoms with Crippen LogP contribution in [0.25, 0.3) is 22.2 Å². The molecule has 3 aromatic heterocycles. The molecular formula is C22H23F2N5O3. The van der Waals surface area contributed by atoms with Gasteiger partial charge < -0.3 is 19.8 Å². The number of ether oxygens (including phenoxy) is 2. The minimum absolute atomic E-state index is 0.0159. The monoisotopic (exact) mass is 443 g/mol. The summed E-state index contributed by atoms with van der Waals surface area (Å²) in [4.78, 5) is 20.4. The van der Waals surface area contributed by atoms with Gasteiger partial charge in [0.15, 0.2) is 0 Å². The number of amides is 2. The molecule has 2 amide bonds. The molecule has 2 fully saturated rings. The molecule has 10 heteroatoms. The number of hydrogen-bond donors (Lipinski definition) is 2. The Morgan fingerprint density at radius 3 is 2.69 bits per heavy atom. The van der Waals surface area contributed by atoms with Crippen LogP contribution in [0.1, 0.15) is 42.5 Å². The van der Waals surface area contributed by atoms with Gasteiger partial charge in [-0.05, 0) is 31.0 Å². The van der Waals surface area contributed by atoms with Crippen LogP contribution < -0.4 is 11.1 Å². The molecule has 32 heavy (non-hydrogen) atoms. The number of carbonyl (C=O) groups is 1. The fraction of sp³-hybridized carbons (Fsp3) is 0.409. The normalized spacial score (nSPS) is 21.0. The Balaban J connectivity index is 1.68. The predicted molar refractivity (Wildman–Crippen MR) is 114 cm³/mol. The lowest BCUT2D eigenvalue weighted by atomic mass is 10.0. The van der Waals surface area contributed by atoms with Crippen molar-refractivity contribution < 1.29 is 23.0 Å². The van der Waals surface area contributed by atoms with Crippen molar-refractivity contribution in [1.82, 2.24) is 14.5 Å². The molecule has 0 spiro atoms. The van der Waals surface area contributed by atoms with Crippen LogP contribution in [0.2, 0.25) is 0 Å². The van der Waals surface area contributed by atoms with Crippen LogP contribution in [0, 0.1) is 0 Å². The Morgan fingerprint density at radius 1 is 1.19 bits per heavy atom. The molecule has 0 bridgehead atoms. The summed E-state index contributed by atoms with van der Waals surface area (Å²) in [7, 11) is 0. The molecular weight excluding hydrogens is 420 g/mol. The number of alkyl halides is 2. The summed E-state index contributed by atoms with van der Waals surface area (Å²) in [5, 5.41) is 3.22. The van der Waals surface area contributed by atoms with Crippen molar-refractivity contribution in [1.29, 1.82) is 0 Å². The SMILES string of the molecule is NC(=O)Nc1cc2c(-c3cc(C(F)F)cc(C4CCOC4)n3)cn([C@@H]3CCOC3)c2cn1. The van der Waals surface area contributed by atoms with E-state index in [4.69, 9.17) is 20.2 Å². The first-order valence-corrected chi connectivity index (χ1v) is 10.5. The fourth-order valence-corrected chi connectivity index (χ4v) is 4.40. The Labute approximate surface area is 182 Å². The summed E-state index contributed by atoms with van der Waals surface area (Å²) in [6.45, 7) is 2.27. The topological polar surface area (TPSA) is 104 Å². The average Bonchev–Trinajstić information content (AvgIpc) is 3.53. The zero-order valence-electron chi connectivity index (χ0n) is 17.3. The maximum Gasteiger partial charge on any atom is 0.317 e. The van der Waals surface area contributed by atoms with Crippen LogP contribution >= 0.6 is 0 Å². The highest BCUT2D eigenvalue weighted by molar-refractivity contribution is 5.98. The van der Waals surface area contributed by atoms with E-state index in [2.05, 4.69) is 10.3 Å². The second-order valence-electron chi connectivity index (χ2n) is 8.12. The van der Waals surface area contributed by atoms with Gasteiger partial charge in [0.05, 0.1) is 36.7 Å². The van der Waals surface area contributed by atoms with Crippen LogP contribution in [0.3, 0.4) is 0 Å². The van der Waals surface area contributed by atoms with Gasteiger partial charge in [-0.15, -0.1) is 0 Å². The third-order valence-corrected chi connectivity index (χ3v) is 6.01. The molecule has 1 unspecified atom stereocenters. The number of aromatic nitrogens is 3. The molecule has 168 valence electrons. The molecule has 5 heterocycles. The maximum atomic E-state index is 13.7. The van der Waals surface area contributed by atoms with E-state index in [0.717, 1.165) is 23.7 Å². The molecule has 0 aromatic carbocycles. The first-order valence-electron chi connectivity index (χ1n) is 10.5. The Morgan fingerprint density at radius 2 is 2.00 bits per heavy atom. The summed E-state index contributed by atoms with van der Waals surface area (Å²) in [6, 6.07) is 3.96. The number of primary amides is 1. The van der Waals surface area contributed by atoms with Gasteiger partial charge >= 0.3 is 6.03 Å². The molecule has 5 rings (SSSR count). The second kappa shape index (κ2) is 8.44. The third kappa shape index (κ3) is 3.91. The van der Waals surface area contributed by atoms with Gasteiger partial charge in [0.1, 0.15) is 5.82 Å². The van der Waals surface area contributed by atoms with E-state index in [1.54, 1.807) is 12.3 Å². The van der Waals surface area contributed by atoms with Crippen LogP contribution in [0.15, 0.2) is 30.6 Å².